The second kappa shape index (κ2) is 5.17. The van der Waals surface area contributed by atoms with E-state index in [1.54, 1.807) is 6.08 Å². The molecule has 1 aliphatic heterocycles. The van der Waals surface area contributed by atoms with Crippen LogP contribution in [0.5, 0.6) is 5.75 Å². The Morgan fingerprint density at radius 2 is 2.18 bits per heavy atom. The van der Waals surface area contributed by atoms with Crippen molar-refractivity contribution in [3.63, 3.8) is 0 Å². The number of para-hydroxylation sites is 1. The molecule has 17 heavy (non-hydrogen) atoms. The van der Waals surface area contributed by atoms with Gasteiger partial charge in [-0.3, -0.25) is 4.79 Å². The number of fused-ring (bicyclic) bond motifs is 1. The SMILES string of the molecule is CC(C)=CC(=O)CC1CCOc2ccccc21. The topological polar surface area (TPSA) is 26.3 Å². The minimum Gasteiger partial charge on any atom is -0.493 e. The number of carbonyl (C=O) groups is 1. The van der Waals surface area contributed by atoms with Gasteiger partial charge < -0.3 is 4.74 Å². The summed E-state index contributed by atoms with van der Waals surface area (Å²) in [5.74, 6) is 1.46. The van der Waals surface area contributed by atoms with Crippen LogP contribution in [0, 0.1) is 0 Å². The molecule has 1 atom stereocenters. The van der Waals surface area contributed by atoms with E-state index in [0.29, 0.717) is 18.9 Å². The van der Waals surface area contributed by atoms with Crippen molar-refractivity contribution in [3.8, 4) is 5.75 Å². The number of rotatable bonds is 3. The fourth-order valence-electron chi connectivity index (χ4n) is 2.25. The average Bonchev–Trinajstić information content (AvgIpc) is 2.28. The van der Waals surface area contributed by atoms with Crippen molar-refractivity contribution in [1.82, 2.24) is 0 Å². The van der Waals surface area contributed by atoms with Gasteiger partial charge in [0.25, 0.3) is 0 Å². The predicted octanol–water partition coefficient (Wildman–Crippen LogP) is 3.48. The van der Waals surface area contributed by atoms with Crippen LogP contribution in [-0.2, 0) is 4.79 Å². The molecule has 0 bridgehead atoms. The van der Waals surface area contributed by atoms with Gasteiger partial charge in [0.05, 0.1) is 6.61 Å². The first-order valence-electron chi connectivity index (χ1n) is 6.06. The van der Waals surface area contributed by atoms with Gasteiger partial charge in [-0.05, 0) is 43.9 Å². The molecule has 1 aliphatic rings. The molecule has 0 amide bonds. The number of ether oxygens (including phenoxy) is 1. The lowest BCUT2D eigenvalue weighted by molar-refractivity contribution is -0.115. The molecular formula is C15H18O2. The van der Waals surface area contributed by atoms with Gasteiger partial charge in [0.15, 0.2) is 5.78 Å². The molecule has 90 valence electrons. The van der Waals surface area contributed by atoms with Crippen LogP contribution in [0.2, 0.25) is 0 Å². The Kier molecular flexibility index (Phi) is 3.62. The van der Waals surface area contributed by atoms with E-state index in [2.05, 4.69) is 6.07 Å². The van der Waals surface area contributed by atoms with Crippen molar-refractivity contribution in [2.75, 3.05) is 6.61 Å². The van der Waals surface area contributed by atoms with E-state index < -0.39 is 0 Å². The molecule has 1 aromatic carbocycles. The van der Waals surface area contributed by atoms with Gasteiger partial charge in [0.2, 0.25) is 0 Å². The van der Waals surface area contributed by atoms with Gasteiger partial charge >= 0.3 is 0 Å². The van der Waals surface area contributed by atoms with Crippen LogP contribution in [0.1, 0.15) is 38.2 Å². The van der Waals surface area contributed by atoms with Gasteiger partial charge in [-0.2, -0.15) is 0 Å². The Balaban J connectivity index is 2.14. The zero-order valence-electron chi connectivity index (χ0n) is 10.4. The minimum atomic E-state index is 0.215. The molecule has 2 rings (SSSR count). The van der Waals surface area contributed by atoms with Gasteiger partial charge in [0, 0.05) is 6.42 Å². The Bertz CT molecular complexity index is 442. The molecule has 0 saturated carbocycles. The van der Waals surface area contributed by atoms with E-state index in [4.69, 9.17) is 4.74 Å². The molecular weight excluding hydrogens is 212 g/mol. The molecule has 0 aromatic heterocycles. The summed E-state index contributed by atoms with van der Waals surface area (Å²) in [4.78, 5) is 11.8. The van der Waals surface area contributed by atoms with Crippen molar-refractivity contribution < 1.29 is 9.53 Å². The highest BCUT2D eigenvalue weighted by atomic mass is 16.5. The molecule has 2 nitrogen and oxygen atoms in total. The Morgan fingerprint density at radius 3 is 2.94 bits per heavy atom. The van der Waals surface area contributed by atoms with Gasteiger partial charge in [-0.15, -0.1) is 0 Å². The van der Waals surface area contributed by atoms with Crippen molar-refractivity contribution in [1.29, 1.82) is 0 Å². The maximum absolute atomic E-state index is 11.8. The zero-order valence-corrected chi connectivity index (χ0v) is 10.4. The standard InChI is InChI=1S/C15H18O2/c1-11(2)9-13(16)10-12-7-8-17-15-6-4-3-5-14(12)15/h3-6,9,12H,7-8,10H2,1-2H3. The van der Waals surface area contributed by atoms with Crippen molar-refractivity contribution in [2.45, 2.75) is 32.6 Å². The average molecular weight is 230 g/mol. The summed E-state index contributed by atoms with van der Waals surface area (Å²) in [7, 11) is 0. The van der Waals surface area contributed by atoms with Crippen molar-refractivity contribution in [2.24, 2.45) is 0 Å². The Labute approximate surface area is 102 Å². The van der Waals surface area contributed by atoms with E-state index >= 15 is 0 Å². The van der Waals surface area contributed by atoms with Crippen LogP contribution >= 0.6 is 0 Å². The minimum absolute atomic E-state index is 0.215. The summed E-state index contributed by atoms with van der Waals surface area (Å²) in [5.41, 5.74) is 2.24. The third-order valence-corrected chi connectivity index (χ3v) is 2.98. The monoisotopic (exact) mass is 230 g/mol. The molecule has 0 radical (unpaired) electrons. The quantitative estimate of drug-likeness (QED) is 0.743. The molecule has 0 aliphatic carbocycles. The first kappa shape index (κ1) is 11.9. The number of ketones is 1. The van der Waals surface area contributed by atoms with Crippen LogP contribution < -0.4 is 4.74 Å². The van der Waals surface area contributed by atoms with Crippen molar-refractivity contribution in [3.05, 3.63) is 41.5 Å². The van der Waals surface area contributed by atoms with E-state index in [1.807, 2.05) is 32.0 Å². The molecule has 0 spiro atoms. The molecule has 1 aromatic rings. The first-order valence-corrected chi connectivity index (χ1v) is 6.06. The molecule has 0 N–H and O–H groups in total. The molecule has 1 heterocycles. The van der Waals surface area contributed by atoms with E-state index in [-0.39, 0.29) is 5.78 Å². The maximum atomic E-state index is 11.8. The number of allylic oxidation sites excluding steroid dienone is 2. The lowest BCUT2D eigenvalue weighted by Crippen LogP contribution is -2.16. The normalized spacial score (nSPS) is 17.9. The van der Waals surface area contributed by atoms with Crippen molar-refractivity contribution >= 4 is 5.78 Å². The van der Waals surface area contributed by atoms with E-state index in [9.17, 15) is 4.79 Å². The van der Waals surface area contributed by atoms with Gasteiger partial charge in [-0.1, -0.05) is 23.8 Å². The summed E-state index contributed by atoms with van der Waals surface area (Å²) in [6.45, 7) is 4.62. The highest BCUT2D eigenvalue weighted by Gasteiger charge is 2.22. The van der Waals surface area contributed by atoms with Crippen LogP contribution in [0.4, 0.5) is 0 Å². The fraction of sp³-hybridized carbons (Fsp3) is 0.400. The van der Waals surface area contributed by atoms with Gasteiger partial charge in [0.1, 0.15) is 5.75 Å². The van der Waals surface area contributed by atoms with Gasteiger partial charge in [-0.25, -0.2) is 0 Å². The Hall–Kier alpha value is -1.57. The summed E-state index contributed by atoms with van der Waals surface area (Å²) in [6.07, 6.45) is 3.25. The fourth-order valence-corrected chi connectivity index (χ4v) is 2.25. The smallest absolute Gasteiger partial charge is 0.156 e. The second-order valence-electron chi connectivity index (χ2n) is 4.76. The number of hydrogen-bond donors (Lipinski definition) is 0. The number of benzene rings is 1. The predicted molar refractivity (Wildman–Crippen MR) is 68.4 cm³/mol. The molecule has 0 fully saturated rings. The molecule has 0 saturated heterocycles. The summed E-state index contributed by atoms with van der Waals surface area (Å²) in [6, 6.07) is 8.02. The highest BCUT2D eigenvalue weighted by Crippen LogP contribution is 2.35. The lowest BCUT2D eigenvalue weighted by atomic mass is 9.88. The zero-order chi connectivity index (χ0) is 12.3. The molecule has 2 heteroatoms. The number of carbonyl (C=O) groups excluding carboxylic acids is 1. The van der Waals surface area contributed by atoms with E-state index in [1.165, 1.54) is 5.56 Å². The summed E-state index contributed by atoms with van der Waals surface area (Å²) < 4.78 is 5.59. The lowest BCUT2D eigenvalue weighted by Gasteiger charge is -2.25. The van der Waals surface area contributed by atoms with Crippen LogP contribution in [0.25, 0.3) is 0 Å². The highest BCUT2D eigenvalue weighted by molar-refractivity contribution is 5.90. The molecule has 1 unspecified atom stereocenters. The summed E-state index contributed by atoms with van der Waals surface area (Å²) >= 11 is 0. The number of hydrogen-bond acceptors (Lipinski definition) is 2. The Morgan fingerprint density at radius 1 is 1.41 bits per heavy atom. The van der Waals surface area contributed by atoms with Crippen LogP contribution in [-0.4, -0.2) is 12.4 Å². The summed E-state index contributed by atoms with van der Waals surface area (Å²) in [5, 5.41) is 0. The van der Waals surface area contributed by atoms with Crippen LogP contribution in [0.3, 0.4) is 0 Å². The second-order valence-corrected chi connectivity index (χ2v) is 4.76. The van der Waals surface area contributed by atoms with E-state index in [0.717, 1.165) is 17.7 Å². The largest absolute Gasteiger partial charge is 0.493 e. The first-order chi connectivity index (χ1) is 8.16. The maximum Gasteiger partial charge on any atom is 0.156 e. The third kappa shape index (κ3) is 2.96. The third-order valence-electron chi connectivity index (χ3n) is 2.98. The van der Waals surface area contributed by atoms with Crippen LogP contribution in [0.15, 0.2) is 35.9 Å².